The van der Waals surface area contributed by atoms with Crippen LogP contribution in [0.1, 0.15) is 34.9 Å². The maximum Gasteiger partial charge on any atom is 0.307 e. The molecule has 0 saturated carbocycles. The number of hydrogen-bond donors (Lipinski definition) is 1. The van der Waals surface area contributed by atoms with Gasteiger partial charge in [-0.3, -0.25) is 9.69 Å². The Morgan fingerprint density at radius 3 is 2.69 bits per heavy atom. The van der Waals surface area contributed by atoms with Gasteiger partial charge in [0.05, 0.1) is 12.0 Å². The van der Waals surface area contributed by atoms with Gasteiger partial charge in [-0.1, -0.05) is 48.0 Å². The Morgan fingerprint density at radius 2 is 1.96 bits per heavy atom. The molecule has 0 amide bonds. The van der Waals surface area contributed by atoms with Gasteiger partial charge in [-0.05, 0) is 49.4 Å². The smallest absolute Gasteiger partial charge is 0.307 e. The average Bonchev–Trinajstić information content (AvgIpc) is 3.07. The number of hydrogen-bond acceptors (Lipinski definition) is 3. The lowest BCUT2D eigenvalue weighted by atomic mass is 9.94. The largest absolute Gasteiger partial charge is 0.481 e. The molecule has 2 unspecified atom stereocenters. The van der Waals surface area contributed by atoms with Crippen LogP contribution in [0.15, 0.2) is 54.6 Å². The lowest BCUT2D eigenvalue weighted by Crippen LogP contribution is -2.41. The second-order valence-corrected chi connectivity index (χ2v) is 8.29. The number of rotatable bonds is 4. The first kappa shape index (κ1) is 17.3. The molecule has 1 N–H and O–H groups in total. The van der Waals surface area contributed by atoms with E-state index in [-0.39, 0.29) is 12.0 Å². The number of aryl methyl sites for hydroxylation is 1. The van der Waals surface area contributed by atoms with Crippen LogP contribution in [0.2, 0.25) is 0 Å². The van der Waals surface area contributed by atoms with E-state index >= 15 is 0 Å². The molecule has 4 heteroatoms. The van der Waals surface area contributed by atoms with Crippen molar-refractivity contribution in [1.29, 1.82) is 0 Å². The van der Waals surface area contributed by atoms with Gasteiger partial charge < -0.3 is 5.11 Å². The summed E-state index contributed by atoms with van der Waals surface area (Å²) in [6, 6.07) is 19.5. The predicted octanol–water partition coefficient (Wildman–Crippen LogP) is 5.10. The first-order valence-electron chi connectivity index (χ1n) is 9.14. The highest BCUT2D eigenvalue weighted by atomic mass is 32.1. The molecule has 4 rings (SSSR count). The third kappa shape index (κ3) is 3.39. The van der Waals surface area contributed by atoms with E-state index < -0.39 is 5.97 Å². The molecule has 0 aliphatic carbocycles. The molecule has 0 spiro atoms. The van der Waals surface area contributed by atoms with E-state index in [1.807, 2.05) is 11.3 Å². The van der Waals surface area contributed by atoms with E-state index in [4.69, 9.17) is 0 Å². The average molecular weight is 365 g/mol. The fourth-order valence-electron chi connectivity index (χ4n) is 3.88. The summed E-state index contributed by atoms with van der Waals surface area (Å²) in [6.07, 6.45) is 1.71. The van der Waals surface area contributed by atoms with Gasteiger partial charge in [0.15, 0.2) is 0 Å². The Balaban J connectivity index is 1.76. The quantitative estimate of drug-likeness (QED) is 0.699. The summed E-state index contributed by atoms with van der Waals surface area (Å²) in [6.45, 7) is 3.65. The summed E-state index contributed by atoms with van der Waals surface area (Å²) in [5.41, 5.74) is 2.49. The minimum absolute atomic E-state index is 0.121. The summed E-state index contributed by atoms with van der Waals surface area (Å²) >= 11 is 1.82. The van der Waals surface area contributed by atoms with Crippen molar-refractivity contribution in [3.8, 4) is 0 Å². The predicted molar refractivity (Wildman–Crippen MR) is 107 cm³/mol. The molecular formula is C22H23NO2S. The van der Waals surface area contributed by atoms with Gasteiger partial charge in [0.2, 0.25) is 0 Å². The Hall–Kier alpha value is -2.17. The van der Waals surface area contributed by atoms with Crippen molar-refractivity contribution in [2.45, 2.75) is 25.8 Å². The minimum Gasteiger partial charge on any atom is -0.481 e. The fourth-order valence-corrected chi connectivity index (χ4v) is 5.11. The van der Waals surface area contributed by atoms with Gasteiger partial charge in [-0.25, -0.2) is 0 Å². The van der Waals surface area contributed by atoms with E-state index in [2.05, 4.69) is 66.4 Å². The molecule has 1 fully saturated rings. The van der Waals surface area contributed by atoms with Crippen molar-refractivity contribution in [2.24, 2.45) is 5.92 Å². The van der Waals surface area contributed by atoms with Crippen LogP contribution in [0.4, 0.5) is 0 Å². The van der Waals surface area contributed by atoms with E-state index in [9.17, 15) is 9.90 Å². The molecular weight excluding hydrogens is 342 g/mol. The molecule has 1 aliphatic rings. The van der Waals surface area contributed by atoms with E-state index in [1.54, 1.807) is 0 Å². The van der Waals surface area contributed by atoms with Gasteiger partial charge in [0, 0.05) is 16.1 Å². The van der Waals surface area contributed by atoms with Crippen molar-refractivity contribution in [2.75, 3.05) is 13.1 Å². The van der Waals surface area contributed by atoms with Crippen molar-refractivity contribution < 1.29 is 9.90 Å². The number of fused-ring (bicyclic) bond motifs is 1. The number of carbonyl (C=O) groups is 1. The highest BCUT2D eigenvalue weighted by molar-refractivity contribution is 7.19. The van der Waals surface area contributed by atoms with Crippen molar-refractivity contribution in [1.82, 2.24) is 4.90 Å². The van der Waals surface area contributed by atoms with E-state index in [1.165, 1.54) is 26.1 Å². The number of benzene rings is 2. The number of nitrogens with zero attached hydrogens (tertiary/aromatic N) is 1. The molecule has 26 heavy (non-hydrogen) atoms. The SMILES string of the molecule is Cc1ccc(C(c2cc3ccccc3s2)N2CCCC(C(=O)O)C2)cc1. The molecule has 1 aliphatic heterocycles. The van der Waals surface area contributed by atoms with Crippen molar-refractivity contribution in [3.63, 3.8) is 0 Å². The Kier molecular flexibility index (Phi) is 4.79. The number of thiophene rings is 1. The van der Waals surface area contributed by atoms with Crippen LogP contribution in [0.25, 0.3) is 10.1 Å². The third-order valence-corrected chi connectivity index (χ3v) is 6.44. The van der Waals surface area contributed by atoms with Gasteiger partial charge in [0.25, 0.3) is 0 Å². The standard InChI is InChI=1S/C22H23NO2S/c1-15-8-10-16(11-9-15)21(23-12-4-6-18(14-23)22(24)25)20-13-17-5-2-3-7-19(17)26-20/h2-3,5,7-11,13,18,21H,4,6,12,14H2,1H3,(H,24,25). The summed E-state index contributed by atoms with van der Waals surface area (Å²) in [5.74, 6) is -0.945. The number of carboxylic acids is 1. The van der Waals surface area contributed by atoms with E-state index in [0.717, 1.165) is 19.4 Å². The lowest BCUT2D eigenvalue weighted by molar-refractivity contribution is -0.143. The van der Waals surface area contributed by atoms with Gasteiger partial charge in [0.1, 0.15) is 0 Å². The van der Waals surface area contributed by atoms with Gasteiger partial charge in [-0.2, -0.15) is 0 Å². The number of likely N-dealkylation sites (tertiary alicyclic amines) is 1. The van der Waals surface area contributed by atoms with Crippen LogP contribution in [0, 0.1) is 12.8 Å². The highest BCUT2D eigenvalue weighted by Crippen LogP contribution is 2.38. The molecule has 1 saturated heterocycles. The molecule has 2 aromatic carbocycles. The van der Waals surface area contributed by atoms with Crippen LogP contribution < -0.4 is 0 Å². The molecule has 3 aromatic rings. The summed E-state index contributed by atoms with van der Waals surface area (Å²) in [4.78, 5) is 15.2. The fraction of sp³-hybridized carbons (Fsp3) is 0.318. The van der Waals surface area contributed by atoms with Crippen LogP contribution in [0.3, 0.4) is 0 Å². The van der Waals surface area contributed by atoms with Crippen LogP contribution in [-0.2, 0) is 4.79 Å². The minimum atomic E-state index is -0.673. The molecule has 2 heterocycles. The van der Waals surface area contributed by atoms with Gasteiger partial charge >= 0.3 is 5.97 Å². The Bertz CT molecular complexity index is 882. The topological polar surface area (TPSA) is 40.5 Å². The lowest BCUT2D eigenvalue weighted by Gasteiger charge is -2.37. The molecule has 0 radical (unpaired) electrons. The van der Waals surface area contributed by atoms with Crippen LogP contribution in [0.5, 0.6) is 0 Å². The van der Waals surface area contributed by atoms with Crippen molar-refractivity contribution >= 4 is 27.4 Å². The molecule has 134 valence electrons. The van der Waals surface area contributed by atoms with Crippen molar-refractivity contribution in [3.05, 3.63) is 70.6 Å². The summed E-state index contributed by atoms with van der Waals surface area (Å²) < 4.78 is 1.28. The van der Waals surface area contributed by atoms with Gasteiger partial charge in [-0.15, -0.1) is 11.3 Å². The third-order valence-electron chi connectivity index (χ3n) is 5.27. The molecule has 0 bridgehead atoms. The number of carboxylic acid groups (broad SMARTS) is 1. The first-order valence-corrected chi connectivity index (χ1v) is 9.95. The summed E-state index contributed by atoms with van der Waals surface area (Å²) in [5, 5.41) is 10.8. The maximum absolute atomic E-state index is 11.6. The maximum atomic E-state index is 11.6. The zero-order valence-corrected chi connectivity index (χ0v) is 15.7. The van der Waals surface area contributed by atoms with Crippen LogP contribution >= 0.6 is 11.3 Å². The number of piperidine rings is 1. The number of aliphatic carboxylic acids is 1. The monoisotopic (exact) mass is 365 g/mol. The summed E-state index contributed by atoms with van der Waals surface area (Å²) in [7, 11) is 0. The first-order chi connectivity index (χ1) is 12.6. The molecule has 3 nitrogen and oxygen atoms in total. The normalized spacial score (nSPS) is 19.5. The van der Waals surface area contributed by atoms with Crippen LogP contribution in [-0.4, -0.2) is 29.1 Å². The molecule has 1 aromatic heterocycles. The van der Waals surface area contributed by atoms with E-state index in [0.29, 0.717) is 6.54 Å². The second-order valence-electron chi connectivity index (χ2n) is 7.17. The zero-order chi connectivity index (χ0) is 18.1. The zero-order valence-electron chi connectivity index (χ0n) is 14.9. The molecule has 2 atom stereocenters. The Labute approximate surface area is 157 Å². The Morgan fingerprint density at radius 1 is 1.19 bits per heavy atom. The highest BCUT2D eigenvalue weighted by Gasteiger charge is 2.32. The second kappa shape index (κ2) is 7.22.